The molecule has 5 rings (SSSR count). The number of aromatic nitrogens is 3. The number of rotatable bonds is 8. The van der Waals surface area contributed by atoms with Crippen LogP contribution in [0.15, 0.2) is 66.9 Å². The van der Waals surface area contributed by atoms with E-state index in [-0.39, 0.29) is 24.7 Å². The Morgan fingerprint density at radius 3 is 2.40 bits per heavy atom. The fourth-order valence-electron chi connectivity index (χ4n) is 4.96. The molecule has 2 fully saturated rings. The van der Waals surface area contributed by atoms with Crippen LogP contribution in [0.2, 0.25) is 0 Å². The van der Waals surface area contributed by atoms with Gasteiger partial charge >= 0.3 is 5.97 Å². The van der Waals surface area contributed by atoms with E-state index >= 15 is 0 Å². The van der Waals surface area contributed by atoms with Crippen LogP contribution in [0.4, 0.5) is 5.69 Å². The van der Waals surface area contributed by atoms with Gasteiger partial charge in [0.1, 0.15) is 11.9 Å². The van der Waals surface area contributed by atoms with Gasteiger partial charge in [-0.05, 0) is 43.5 Å². The molecule has 3 aromatic rings. The van der Waals surface area contributed by atoms with Gasteiger partial charge in [0.15, 0.2) is 6.61 Å². The number of nitrogens with zero attached hydrogens (tertiary/aromatic N) is 5. The first kappa shape index (κ1) is 23.4. The molecule has 0 bridgehead atoms. The second kappa shape index (κ2) is 11.4. The number of hydrogen-bond donors (Lipinski definition) is 0. The van der Waals surface area contributed by atoms with Crippen LogP contribution in [0.1, 0.15) is 37.4 Å². The molecule has 1 aliphatic carbocycles. The Morgan fingerprint density at radius 1 is 0.914 bits per heavy atom. The Bertz CT molecular complexity index is 1070. The predicted octanol–water partition coefficient (Wildman–Crippen LogP) is 3.71. The van der Waals surface area contributed by atoms with E-state index in [1.807, 2.05) is 41.2 Å². The van der Waals surface area contributed by atoms with Crippen LogP contribution in [-0.2, 0) is 16.1 Å². The van der Waals surface area contributed by atoms with E-state index in [4.69, 9.17) is 9.47 Å². The summed E-state index contributed by atoms with van der Waals surface area (Å²) in [7, 11) is 0. The summed E-state index contributed by atoms with van der Waals surface area (Å²) in [4.78, 5) is 17.3. The van der Waals surface area contributed by atoms with Crippen molar-refractivity contribution in [2.24, 2.45) is 0 Å². The second-order valence-electron chi connectivity index (χ2n) is 9.27. The lowest BCUT2D eigenvalue weighted by Crippen LogP contribution is -2.46. The number of anilines is 1. The smallest absolute Gasteiger partial charge is 0.344 e. The molecule has 8 nitrogen and oxygen atoms in total. The van der Waals surface area contributed by atoms with Gasteiger partial charge in [-0.25, -0.2) is 9.48 Å². The summed E-state index contributed by atoms with van der Waals surface area (Å²) in [5, 5.41) is 8.87. The maximum Gasteiger partial charge on any atom is 0.344 e. The third-order valence-electron chi connectivity index (χ3n) is 6.83. The van der Waals surface area contributed by atoms with Crippen molar-refractivity contribution in [2.45, 2.75) is 44.4 Å². The lowest BCUT2D eigenvalue weighted by molar-refractivity contribution is -0.155. The van der Waals surface area contributed by atoms with E-state index in [9.17, 15) is 4.79 Å². The average molecular weight is 476 g/mol. The van der Waals surface area contributed by atoms with Gasteiger partial charge in [0, 0.05) is 38.4 Å². The van der Waals surface area contributed by atoms with Crippen molar-refractivity contribution in [1.29, 1.82) is 0 Å². The zero-order chi connectivity index (χ0) is 23.9. The first-order chi connectivity index (χ1) is 17.2. The van der Waals surface area contributed by atoms with Crippen molar-refractivity contribution in [2.75, 3.05) is 37.7 Å². The van der Waals surface area contributed by atoms with E-state index < -0.39 is 0 Å². The standard InChI is InChI=1S/C27H33N5O3/c33-27(21-34-24-11-5-2-6-12-24)35-26-14-8-7-13-25(26)32-20-22(28-29-32)19-30-15-17-31(18-16-30)23-9-3-1-4-10-23/h1-6,9-12,20,25-26H,7-8,13-19,21H2/t25-,26-/m1/s1. The van der Waals surface area contributed by atoms with Crippen LogP contribution in [0.25, 0.3) is 0 Å². The molecule has 0 N–H and O–H groups in total. The molecule has 0 radical (unpaired) electrons. The van der Waals surface area contributed by atoms with Crippen molar-refractivity contribution in [3.05, 3.63) is 72.6 Å². The summed E-state index contributed by atoms with van der Waals surface area (Å²) in [5.41, 5.74) is 2.24. The van der Waals surface area contributed by atoms with Gasteiger partial charge < -0.3 is 14.4 Å². The molecule has 2 aliphatic rings. The fraction of sp³-hybridized carbons (Fsp3) is 0.444. The van der Waals surface area contributed by atoms with Crippen molar-refractivity contribution in [1.82, 2.24) is 19.9 Å². The molecule has 0 unspecified atom stereocenters. The van der Waals surface area contributed by atoms with E-state index in [1.165, 1.54) is 5.69 Å². The zero-order valence-electron chi connectivity index (χ0n) is 20.0. The number of para-hydroxylation sites is 2. The molecule has 2 aromatic carbocycles. The molecular formula is C27H33N5O3. The molecule has 0 amide bonds. The van der Waals surface area contributed by atoms with Crippen LogP contribution in [0.3, 0.4) is 0 Å². The lowest BCUT2D eigenvalue weighted by Gasteiger charge is -2.35. The first-order valence-corrected chi connectivity index (χ1v) is 12.5. The van der Waals surface area contributed by atoms with Gasteiger partial charge in [-0.3, -0.25) is 4.90 Å². The number of benzene rings is 2. The van der Waals surface area contributed by atoms with Crippen molar-refractivity contribution < 1.29 is 14.3 Å². The van der Waals surface area contributed by atoms with Crippen LogP contribution >= 0.6 is 0 Å². The van der Waals surface area contributed by atoms with Gasteiger partial charge in [-0.2, -0.15) is 0 Å². The van der Waals surface area contributed by atoms with E-state index in [1.54, 1.807) is 0 Å². The molecule has 35 heavy (non-hydrogen) atoms. The lowest BCUT2D eigenvalue weighted by atomic mass is 9.92. The summed E-state index contributed by atoms with van der Waals surface area (Å²) >= 11 is 0. The third-order valence-corrected chi connectivity index (χ3v) is 6.83. The Kier molecular flexibility index (Phi) is 7.58. The minimum absolute atomic E-state index is 0.0144. The zero-order valence-corrected chi connectivity index (χ0v) is 20.0. The topological polar surface area (TPSA) is 72.7 Å². The SMILES string of the molecule is O=C(COc1ccccc1)O[C@@H]1CCCC[C@H]1n1cc(CN2CCN(c3ccccc3)CC2)nn1. The number of esters is 1. The molecule has 1 aromatic heterocycles. The Morgan fingerprint density at radius 2 is 1.63 bits per heavy atom. The average Bonchev–Trinajstić information content (AvgIpc) is 3.37. The molecule has 1 saturated carbocycles. The highest BCUT2D eigenvalue weighted by atomic mass is 16.6. The van der Waals surface area contributed by atoms with Crippen LogP contribution < -0.4 is 9.64 Å². The minimum atomic E-state index is -0.345. The summed E-state index contributed by atoms with van der Waals surface area (Å²) in [6.07, 6.45) is 5.71. The predicted molar refractivity (Wildman–Crippen MR) is 133 cm³/mol. The number of ether oxygens (including phenoxy) is 2. The molecule has 2 heterocycles. The van der Waals surface area contributed by atoms with Crippen LogP contribution in [0.5, 0.6) is 5.75 Å². The highest BCUT2D eigenvalue weighted by Gasteiger charge is 2.31. The van der Waals surface area contributed by atoms with Crippen LogP contribution in [0, 0.1) is 0 Å². The summed E-state index contributed by atoms with van der Waals surface area (Å²) < 4.78 is 13.3. The maximum absolute atomic E-state index is 12.5. The normalized spacial score (nSPS) is 21.0. The fourth-order valence-corrected chi connectivity index (χ4v) is 4.96. The number of carbonyl (C=O) groups is 1. The van der Waals surface area contributed by atoms with Gasteiger partial charge in [-0.15, -0.1) is 5.10 Å². The van der Waals surface area contributed by atoms with E-state index in [0.29, 0.717) is 5.75 Å². The first-order valence-electron chi connectivity index (χ1n) is 12.5. The Balaban J connectivity index is 1.13. The van der Waals surface area contributed by atoms with Crippen LogP contribution in [-0.4, -0.2) is 64.8 Å². The van der Waals surface area contributed by atoms with Crippen molar-refractivity contribution in [3.8, 4) is 5.75 Å². The summed E-state index contributed by atoms with van der Waals surface area (Å²) in [5.74, 6) is 0.317. The Labute approximate surface area is 206 Å². The van der Waals surface area contributed by atoms with E-state index in [2.05, 4.69) is 50.4 Å². The highest BCUT2D eigenvalue weighted by molar-refractivity contribution is 5.71. The number of hydrogen-bond acceptors (Lipinski definition) is 7. The molecule has 0 spiro atoms. The molecule has 1 saturated heterocycles. The molecular weight excluding hydrogens is 442 g/mol. The summed E-state index contributed by atoms with van der Waals surface area (Å²) in [6.45, 7) is 4.68. The minimum Gasteiger partial charge on any atom is -0.482 e. The van der Waals surface area contributed by atoms with Gasteiger partial charge in [0.2, 0.25) is 0 Å². The second-order valence-corrected chi connectivity index (χ2v) is 9.27. The van der Waals surface area contributed by atoms with Crippen molar-refractivity contribution >= 4 is 11.7 Å². The third kappa shape index (κ3) is 6.19. The summed E-state index contributed by atoms with van der Waals surface area (Å²) in [6, 6.07) is 19.9. The highest BCUT2D eigenvalue weighted by Crippen LogP contribution is 2.31. The largest absolute Gasteiger partial charge is 0.482 e. The van der Waals surface area contributed by atoms with E-state index in [0.717, 1.165) is 64.1 Å². The van der Waals surface area contributed by atoms with Gasteiger partial charge in [0.25, 0.3) is 0 Å². The number of piperazine rings is 1. The maximum atomic E-state index is 12.5. The Hall–Kier alpha value is -3.39. The molecule has 8 heteroatoms. The van der Waals surface area contributed by atoms with Crippen molar-refractivity contribution in [3.63, 3.8) is 0 Å². The quantitative estimate of drug-likeness (QED) is 0.460. The van der Waals surface area contributed by atoms with Gasteiger partial charge in [-0.1, -0.05) is 48.0 Å². The molecule has 184 valence electrons. The molecule has 1 aliphatic heterocycles. The number of carbonyl (C=O) groups excluding carboxylic acids is 1. The monoisotopic (exact) mass is 475 g/mol. The van der Waals surface area contributed by atoms with Gasteiger partial charge in [0.05, 0.1) is 17.9 Å². The molecule has 2 atom stereocenters.